The zero-order chi connectivity index (χ0) is 25.7. The van der Waals surface area contributed by atoms with E-state index < -0.39 is 22.2 Å². The minimum Gasteiger partial charge on any atom is -0.465 e. The van der Waals surface area contributed by atoms with E-state index in [9.17, 15) is 23.1 Å². The summed E-state index contributed by atoms with van der Waals surface area (Å²) >= 11 is 5.95. The molecule has 0 spiro atoms. The summed E-state index contributed by atoms with van der Waals surface area (Å²) in [6, 6.07) is 13.9. The molecule has 36 heavy (non-hydrogen) atoms. The molecule has 4 rings (SSSR count). The molecule has 2 atom stereocenters. The lowest BCUT2D eigenvalue weighted by molar-refractivity contribution is -0.132. The van der Waals surface area contributed by atoms with Crippen molar-refractivity contribution in [2.45, 2.75) is 68.0 Å². The Balaban J connectivity index is 1.54. The lowest BCUT2D eigenvalue weighted by atomic mass is 9.95. The van der Waals surface area contributed by atoms with Gasteiger partial charge in [0.25, 0.3) is 0 Å². The predicted octanol–water partition coefficient (Wildman–Crippen LogP) is 4.14. The van der Waals surface area contributed by atoms with E-state index in [-0.39, 0.29) is 35.9 Å². The van der Waals surface area contributed by atoms with Crippen LogP contribution in [0.3, 0.4) is 0 Å². The zero-order valence-corrected chi connectivity index (χ0v) is 21.6. The Bertz CT molecular complexity index is 1150. The number of halogens is 1. The SMILES string of the molecule is O=C(O)N[C@H](Cc1ccc(Cl)cc1)C(=O)N1CC[C@H](N(C2CCCCC2)S(=O)(=O)c2ccccc2)C1. The number of hydrogen-bond acceptors (Lipinski definition) is 4. The first-order chi connectivity index (χ1) is 17.3. The van der Waals surface area contributed by atoms with Crippen LogP contribution in [0.2, 0.25) is 5.02 Å². The van der Waals surface area contributed by atoms with E-state index in [0.717, 1.165) is 37.7 Å². The van der Waals surface area contributed by atoms with Gasteiger partial charge in [-0.3, -0.25) is 4.79 Å². The van der Waals surface area contributed by atoms with Crippen LogP contribution in [0.4, 0.5) is 4.79 Å². The maximum absolute atomic E-state index is 13.8. The van der Waals surface area contributed by atoms with Gasteiger partial charge in [0, 0.05) is 36.6 Å². The molecule has 0 bridgehead atoms. The molecule has 2 fully saturated rings. The first kappa shape index (κ1) is 26.4. The van der Waals surface area contributed by atoms with Crippen molar-refractivity contribution in [2.24, 2.45) is 0 Å². The van der Waals surface area contributed by atoms with Gasteiger partial charge in [-0.05, 0) is 49.1 Å². The third-order valence-electron chi connectivity index (χ3n) is 7.04. The molecule has 1 saturated heterocycles. The van der Waals surface area contributed by atoms with E-state index in [1.54, 1.807) is 63.8 Å². The Kier molecular flexibility index (Phi) is 8.54. The van der Waals surface area contributed by atoms with Gasteiger partial charge >= 0.3 is 6.09 Å². The van der Waals surface area contributed by atoms with Crippen LogP contribution in [-0.4, -0.2) is 65.9 Å². The van der Waals surface area contributed by atoms with Gasteiger partial charge in [-0.2, -0.15) is 4.31 Å². The number of nitrogens with one attached hydrogen (secondary N) is 1. The first-order valence-electron chi connectivity index (χ1n) is 12.4. The Morgan fingerprint density at radius 2 is 1.67 bits per heavy atom. The number of benzene rings is 2. The minimum absolute atomic E-state index is 0.106. The van der Waals surface area contributed by atoms with Gasteiger partial charge in [0.2, 0.25) is 15.9 Å². The smallest absolute Gasteiger partial charge is 0.405 e. The van der Waals surface area contributed by atoms with Gasteiger partial charge < -0.3 is 15.3 Å². The quantitative estimate of drug-likeness (QED) is 0.530. The van der Waals surface area contributed by atoms with Gasteiger partial charge in [0.15, 0.2) is 0 Å². The Morgan fingerprint density at radius 3 is 2.31 bits per heavy atom. The molecular weight excluding hydrogens is 502 g/mol. The van der Waals surface area contributed by atoms with E-state index >= 15 is 0 Å². The fourth-order valence-corrected chi connectivity index (χ4v) is 7.35. The lowest BCUT2D eigenvalue weighted by Crippen LogP contribution is -2.51. The zero-order valence-electron chi connectivity index (χ0n) is 20.1. The molecular formula is C26H32ClN3O5S. The summed E-state index contributed by atoms with van der Waals surface area (Å²) in [5.74, 6) is -0.351. The molecule has 0 aromatic heterocycles. The molecule has 2 N–H and O–H groups in total. The number of carboxylic acid groups (broad SMARTS) is 1. The van der Waals surface area contributed by atoms with E-state index in [1.165, 1.54) is 0 Å². The van der Waals surface area contributed by atoms with Gasteiger partial charge in [-0.1, -0.05) is 61.2 Å². The Labute approximate surface area is 217 Å². The third kappa shape index (κ3) is 6.19. The van der Waals surface area contributed by atoms with Crippen molar-refractivity contribution >= 4 is 33.6 Å². The highest BCUT2D eigenvalue weighted by Crippen LogP contribution is 2.33. The Hall–Kier alpha value is -2.62. The van der Waals surface area contributed by atoms with Gasteiger partial charge in [0.1, 0.15) is 6.04 Å². The van der Waals surface area contributed by atoms with E-state index in [2.05, 4.69) is 5.32 Å². The lowest BCUT2D eigenvalue weighted by Gasteiger charge is -2.37. The fourth-order valence-electron chi connectivity index (χ4n) is 5.32. The van der Waals surface area contributed by atoms with E-state index in [0.29, 0.717) is 18.0 Å². The minimum atomic E-state index is -3.75. The van der Waals surface area contributed by atoms with Crippen molar-refractivity contribution < 1.29 is 23.1 Å². The molecule has 1 aliphatic carbocycles. The Morgan fingerprint density at radius 1 is 1.00 bits per heavy atom. The second-order valence-electron chi connectivity index (χ2n) is 9.50. The van der Waals surface area contributed by atoms with E-state index in [1.807, 2.05) is 0 Å². The predicted molar refractivity (Wildman–Crippen MR) is 137 cm³/mol. The van der Waals surface area contributed by atoms with Crippen molar-refractivity contribution in [2.75, 3.05) is 13.1 Å². The van der Waals surface area contributed by atoms with Crippen molar-refractivity contribution in [1.82, 2.24) is 14.5 Å². The summed E-state index contributed by atoms with van der Waals surface area (Å²) in [7, 11) is -3.75. The summed E-state index contributed by atoms with van der Waals surface area (Å²) in [5, 5.41) is 12.2. The average molecular weight is 534 g/mol. The van der Waals surface area contributed by atoms with Crippen LogP contribution < -0.4 is 5.32 Å². The third-order valence-corrected chi connectivity index (χ3v) is 9.31. The number of likely N-dealkylation sites (tertiary alicyclic amines) is 1. The van der Waals surface area contributed by atoms with Crippen LogP contribution in [0.1, 0.15) is 44.1 Å². The van der Waals surface area contributed by atoms with Gasteiger partial charge in [-0.15, -0.1) is 0 Å². The topological polar surface area (TPSA) is 107 Å². The van der Waals surface area contributed by atoms with Crippen LogP contribution in [0.5, 0.6) is 0 Å². The van der Waals surface area contributed by atoms with Crippen LogP contribution in [0.25, 0.3) is 0 Å². The molecule has 2 amide bonds. The summed E-state index contributed by atoms with van der Waals surface area (Å²) < 4.78 is 29.2. The van der Waals surface area contributed by atoms with E-state index in [4.69, 9.17) is 11.6 Å². The number of hydrogen-bond donors (Lipinski definition) is 2. The summed E-state index contributed by atoms with van der Waals surface area (Å²) in [5.41, 5.74) is 0.776. The summed E-state index contributed by atoms with van der Waals surface area (Å²) in [6.45, 7) is 0.606. The van der Waals surface area contributed by atoms with Crippen molar-refractivity contribution in [1.29, 1.82) is 0 Å². The van der Waals surface area contributed by atoms with Crippen LogP contribution >= 0.6 is 11.6 Å². The molecule has 2 aromatic carbocycles. The van der Waals surface area contributed by atoms with Gasteiger partial charge in [0.05, 0.1) is 4.90 Å². The average Bonchev–Trinajstić information content (AvgIpc) is 3.35. The number of sulfonamides is 1. The normalized spacial score (nSPS) is 19.8. The first-order valence-corrected chi connectivity index (χ1v) is 14.2. The van der Waals surface area contributed by atoms with Crippen molar-refractivity contribution in [3.8, 4) is 0 Å². The second-order valence-corrected chi connectivity index (χ2v) is 11.8. The molecule has 0 unspecified atom stereocenters. The highest BCUT2D eigenvalue weighted by atomic mass is 35.5. The molecule has 194 valence electrons. The largest absolute Gasteiger partial charge is 0.465 e. The van der Waals surface area contributed by atoms with Gasteiger partial charge in [-0.25, -0.2) is 13.2 Å². The maximum atomic E-state index is 13.8. The highest BCUT2D eigenvalue weighted by molar-refractivity contribution is 7.89. The molecule has 1 aliphatic heterocycles. The highest BCUT2D eigenvalue weighted by Gasteiger charge is 2.42. The maximum Gasteiger partial charge on any atom is 0.405 e. The molecule has 8 nitrogen and oxygen atoms in total. The van der Waals surface area contributed by atoms with Crippen molar-refractivity contribution in [3.63, 3.8) is 0 Å². The molecule has 2 aromatic rings. The monoisotopic (exact) mass is 533 g/mol. The molecule has 0 radical (unpaired) electrons. The number of carbonyl (C=O) groups is 2. The molecule has 1 heterocycles. The fraction of sp³-hybridized carbons (Fsp3) is 0.462. The summed E-state index contributed by atoms with van der Waals surface area (Å²) in [6.07, 6.45) is 4.06. The van der Waals surface area contributed by atoms with Crippen molar-refractivity contribution in [3.05, 3.63) is 65.2 Å². The number of amides is 2. The number of rotatable bonds is 8. The molecule has 1 saturated carbocycles. The molecule has 2 aliphatic rings. The van der Waals surface area contributed by atoms with Crippen LogP contribution in [-0.2, 0) is 21.2 Å². The standard InChI is InChI=1S/C26H32ClN3O5S/c27-20-13-11-19(12-14-20)17-24(28-26(32)33)25(31)29-16-15-22(18-29)30(21-7-3-1-4-8-21)36(34,35)23-9-5-2-6-10-23/h2,5-6,9-14,21-22,24,28H,1,3-4,7-8,15-18H2,(H,32,33)/t22-,24+/m0/s1. The number of carbonyl (C=O) groups excluding carboxylic acids is 1. The molecule has 10 heteroatoms. The van der Waals surface area contributed by atoms with Crippen LogP contribution in [0.15, 0.2) is 59.5 Å². The summed E-state index contributed by atoms with van der Waals surface area (Å²) in [4.78, 5) is 26.7. The van der Waals surface area contributed by atoms with Crippen LogP contribution in [0, 0.1) is 0 Å². The number of nitrogens with zero attached hydrogens (tertiary/aromatic N) is 2. The second kappa shape index (κ2) is 11.6.